The number of nitrogens with zero attached hydrogens (tertiary/aromatic N) is 1. The summed E-state index contributed by atoms with van der Waals surface area (Å²) in [4.78, 5) is 16.3. The summed E-state index contributed by atoms with van der Waals surface area (Å²) in [6, 6.07) is 2.24. The molecule has 1 aromatic heterocycles. The van der Waals surface area contributed by atoms with Crippen molar-refractivity contribution in [2.45, 2.75) is 39.7 Å². The highest BCUT2D eigenvalue weighted by Gasteiger charge is 2.40. The van der Waals surface area contributed by atoms with Gasteiger partial charge in [0.25, 0.3) is 0 Å². The van der Waals surface area contributed by atoms with E-state index in [0.717, 1.165) is 38.9 Å². The molecule has 2 heterocycles. The van der Waals surface area contributed by atoms with Crippen LogP contribution in [0.4, 0.5) is 0 Å². The number of hydrogen-bond acceptors (Lipinski definition) is 3. The Morgan fingerprint density at radius 3 is 3.06 bits per heavy atom. The molecule has 0 N–H and O–H groups in total. The zero-order valence-corrected chi connectivity index (χ0v) is 12.1. The van der Waals surface area contributed by atoms with Crippen molar-refractivity contribution in [1.29, 1.82) is 0 Å². The van der Waals surface area contributed by atoms with Crippen LogP contribution >= 0.6 is 11.3 Å². The average Bonchev–Trinajstić information content (AvgIpc) is 2.89. The molecule has 0 spiro atoms. The molecule has 1 fully saturated rings. The van der Waals surface area contributed by atoms with Crippen LogP contribution in [-0.4, -0.2) is 23.8 Å². The van der Waals surface area contributed by atoms with E-state index in [9.17, 15) is 4.79 Å². The van der Waals surface area contributed by atoms with E-state index in [1.807, 2.05) is 11.3 Å². The molecule has 3 heteroatoms. The summed E-state index contributed by atoms with van der Waals surface area (Å²) in [7, 11) is 0. The second-order valence-corrected chi connectivity index (χ2v) is 7.34. The second kappa shape index (κ2) is 4.46. The van der Waals surface area contributed by atoms with Crippen molar-refractivity contribution >= 4 is 17.1 Å². The number of Topliss-reactive ketones (excluding diaryl/α,β-unsaturated/α-hetero) is 1. The molecular formula is C15H21NOS. The number of carbonyl (C=O) groups excluding carboxylic acids is 1. The zero-order valence-electron chi connectivity index (χ0n) is 11.2. The van der Waals surface area contributed by atoms with Gasteiger partial charge in [0, 0.05) is 35.8 Å². The van der Waals surface area contributed by atoms with Crippen LogP contribution in [0.1, 0.15) is 37.1 Å². The molecule has 0 amide bonds. The van der Waals surface area contributed by atoms with Gasteiger partial charge in [-0.3, -0.25) is 9.69 Å². The molecule has 18 heavy (non-hydrogen) atoms. The molecule has 1 aromatic rings. The lowest BCUT2D eigenvalue weighted by molar-refractivity contribution is -0.128. The largest absolute Gasteiger partial charge is 0.299 e. The van der Waals surface area contributed by atoms with Gasteiger partial charge in [0.1, 0.15) is 5.78 Å². The Labute approximate surface area is 113 Å². The molecule has 98 valence electrons. The summed E-state index contributed by atoms with van der Waals surface area (Å²) in [6.45, 7) is 7.34. The normalized spacial score (nSPS) is 27.4. The van der Waals surface area contributed by atoms with Crippen molar-refractivity contribution < 1.29 is 4.79 Å². The van der Waals surface area contributed by atoms with Gasteiger partial charge in [0.15, 0.2) is 0 Å². The van der Waals surface area contributed by atoms with E-state index in [4.69, 9.17) is 0 Å². The molecule has 2 aliphatic rings. The Morgan fingerprint density at radius 2 is 2.33 bits per heavy atom. The SMILES string of the molecule is CC1(C)CCC(CN2CCc3sccc3C2)C1=O. The van der Waals surface area contributed by atoms with Gasteiger partial charge < -0.3 is 0 Å². The lowest BCUT2D eigenvalue weighted by Crippen LogP contribution is -2.36. The van der Waals surface area contributed by atoms with Crippen LogP contribution in [0.25, 0.3) is 0 Å². The molecule has 0 aromatic carbocycles. The Kier molecular flexibility index (Phi) is 3.07. The molecule has 0 radical (unpaired) electrons. The Bertz CT molecular complexity index is 463. The third kappa shape index (κ3) is 2.14. The predicted molar refractivity (Wildman–Crippen MR) is 74.8 cm³/mol. The smallest absolute Gasteiger partial charge is 0.142 e. The monoisotopic (exact) mass is 263 g/mol. The van der Waals surface area contributed by atoms with Crippen molar-refractivity contribution in [1.82, 2.24) is 4.90 Å². The lowest BCUT2D eigenvalue weighted by Gasteiger charge is -2.29. The van der Waals surface area contributed by atoms with E-state index in [-0.39, 0.29) is 11.3 Å². The fourth-order valence-corrected chi connectivity index (χ4v) is 4.18. The topological polar surface area (TPSA) is 20.3 Å². The second-order valence-electron chi connectivity index (χ2n) is 6.34. The van der Waals surface area contributed by atoms with Crippen LogP contribution in [-0.2, 0) is 17.8 Å². The number of ketones is 1. The minimum absolute atomic E-state index is 0.0754. The van der Waals surface area contributed by atoms with Crippen LogP contribution < -0.4 is 0 Å². The fraction of sp³-hybridized carbons (Fsp3) is 0.667. The first kappa shape index (κ1) is 12.4. The number of carbonyl (C=O) groups is 1. The molecule has 1 saturated carbocycles. The number of thiophene rings is 1. The highest BCUT2D eigenvalue weighted by molar-refractivity contribution is 7.10. The molecule has 0 saturated heterocycles. The third-order valence-corrected chi connectivity index (χ3v) is 5.54. The van der Waals surface area contributed by atoms with E-state index in [1.165, 1.54) is 5.56 Å². The van der Waals surface area contributed by atoms with E-state index in [2.05, 4.69) is 30.2 Å². The molecular weight excluding hydrogens is 242 g/mol. The van der Waals surface area contributed by atoms with Gasteiger partial charge in [-0.25, -0.2) is 0 Å². The third-order valence-electron chi connectivity index (χ3n) is 4.52. The summed E-state index contributed by atoms with van der Waals surface area (Å²) < 4.78 is 0. The zero-order chi connectivity index (χ0) is 12.8. The Morgan fingerprint density at radius 1 is 1.50 bits per heavy atom. The number of fused-ring (bicyclic) bond motifs is 1. The summed E-state index contributed by atoms with van der Waals surface area (Å²) >= 11 is 1.88. The quantitative estimate of drug-likeness (QED) is 0.817. The van der Waals surface area contributed by atoms with Crippen molar-refractivity contribution in [2.24, 2.45) is 11.3 Å². The van der Waals surface area contributed by atoms with Crippen molar-refractivity contribution in [3.8, 4) is 0 Å². The van der Waals surface area contributed by atoms with Crippen molar-refractivity contribution in [3.63, 3.8) is 0 Å². The van der Waals surface area contributed by atoms with Crippen molar-refractivity contribution in [3.05, 3.63) is 21.9 Å². The summed E-state index contributed by atoms with van der Waals surface area (Å²) in [5, 5.41) is 2.19. The van der Waals surface area contributed by atoms with Gasteiger partial charge in [-0.05, 0) is 36.3 Å². The maximum Gasteiger partial charge on any atom is 0.142 e. The highest BCUT2D eigenvalue weighted by Crippen LogP contribution is 2.38. The van der Waals surface area contributed by atoms with E-state index in [0.29, 0.717) is 5.78 Å². The number of hydrogen-bond donors (Lipinski definition) is 0. The Hall–Kier alpha value is -0.670. The van der Waals surface area contributed by atoms with Crippen LogP contribution in [0, 0.1) is 11.3 Å². The van der Waals surface area contributed by atoms with Crippen LogP contribution in [0.15, 0.2) is 11.4 Å². The first-order valence-corrected chi connectivity index (χ1v) is 7.76. The minimum atomic E-state index is -0.0754. The van der Waals surface area contributed by atoms with Gasteiger partial charge in [-0.1, -0.05) is 13.8 Å². The van der Waals surface area contributed by atoms with Gasteiger partial charge in [0.2, 0.25) is 0 Å². The molecule has 2 nitrogen and oxygen atoms in total. The van der Waals surface area contributed by atoms with Crippen molar-refractivity contribution in [2.75, 3.05) is 13.1 Å². The van der Waals surface area contributed by atoms with Gasteiger partial charge >= 0.3 is 0 Å². The minimum Gasteiger partial charge on any atom is -0.299 e. The first-order valence-electron chi connectivity index (χ1n) is 6.88. The van der Waals surface area contributed by atoms with Gasteiger partial charge in [0.05, 0.1) is 0 Å². The summed E-state index contributed by atoms with van der Waals surface area (Å²) in [6.07, 6.45) is 3.31. The molecule has 1 aliphatic carbocycles. The fourth-order valence-electron chi connectivity index (χ4n) is 3.29. The summed E-state index contributed by atoms with van der Waals surface area (Å²) in [5.41, 5.74) is 1.41. The molecule has 1 unspecified atom stereocenters. The molecule has 0 bridgehead atoms. The summed E-state index contributed by atoms with van der Waals surface area (Å²) in [5.74, 6) is 0.763. The lowest BCUT2D eigenvalue weighted by atomic mass is 9.89. The maximum absolute atomic E-state index is 12.3. The maximum atomic E-state index is 12.3. The first-order chi connectivity index (χ1) is 8.56. The van der Waals surface area contributed by atoms with E-state index in [1.54, 1.807) is 4.88 Å². The standard InChI is InChI=1S/C15H21NOS/c1-15(2)6-3-12(14(15)17)10-16-7-4-13-11(9-16)5-8-18-13/h5,8,12H,3-4,6-7,9-10H2,1-2H3. The van der Waals surface area contributed by atoms with Gasteiger partial charge in [-0.2, -0.15) is 0 Å². The molecule has 1 aliphatic heterocycles. The number of rotatable bonds is 2. The van der Waals surface area contributed by atoms with Crippen LogP contribution in [0.3, 0.4) is 0 Å². The van der Waals surface area contributed by atoms with Gasteiger partial charge in [-0.15, -0.1) is 11.3 Å². The molecule has 3 rings (SSSR count). The predicted octanol–water partition coefficient (Wildman–Crippen LogP) is 3.11. The van der Waals surface area contributed by atoms with E-state index >= 15 is 0 Å². The molecule has 1 atom stereocenters. The van der Waals surface area contributed by atoms with E-state index < -0.39 is 0 Å². The average molecular weight is 263 g/mol. The highest BCUT2D eigenvalue weighted by atomic mass is 32.1. The van der Waals surface area contributed by atoms with Crippen LogP contribution in [0.2, 0.25) is 0 Å². The van der Waals surface area contributed by atoms with Crippen LogP contribution in [0.5, 0.6) is 0 Å². The Balaban J connectivity index is 1.64.